The van der Waals surface area contributed by atoms with Crippen LogP contribution in [0.2, 0.25) is 0 Å². The summed E-state index contributed by atoms with van der Waals surface area (Å²) in [6, 6.07) is 0. The molecule has 4 atom stereocenters. The van der Waals surface area contributed by atoms with Crippen LogP contribution in [0.25, 0.3) is 0 Å². The first kappa shape index (κ1) is 11.9. The molecule has 4 saturated carbocycles. The zero-order chi connectivity index (χ0) is 12.5. The second-order valence-electron chi connectivity index (χ2n) is 6.98. The van der Waals surface area contributed by atoms with Gasteiger partial charge in [-0.15, -0.1) is 0 Å². The minimum absolute atomic E-state index is 0.0129. The largest absolute Gasteiger partial charge is 0.394 e. The van der Waals surface area contributed by atoms with Crippen LogP contribution in [0.4, 0.5) is 13.2 Å². The van der Waals surface area contributed by atoms with Gasteiger partial charge in [0, 0.05) is 0 Å². The normalized spacial score (nSPS) is 53.8. The van der Waals surface area contributed by atoms with Crippen molar-refractivity contribution in [2.24, 2.45) is 22.2 Å². The van der Waals surface area contributed by atoms with Gasteiger partial charge >= 0.3 is 6.18 Å². The SMILES string of the molecule is C[C@@H]1C2(C(F)(F)F)CC[C@@]3(C)CCCCC13C2. The number of rotatable bonds is 0. The highest BCUT2D eigenvalue weighted by Gasteiger charge is 2.78. The van der Waals surface area contributed by atoms with Gasteiger partial charge < -0.3 is 0 Å². The van der Waals surface area contributed by atoms with Crippen LogP contribution >= 0.6 is 0 Å². The summed E-state index contributed by atoms with van der Waals surface area (Å²) in [4.78, 5) is 0. The van der Waals surface area contributed by atoms with Crippen LogP contribution in [0.1, 0.15) is 58.8 Å². The molecule has 0 radical (unpaired) electrons. The van der Waals surface area contributed by atoms with Crippen molar-refractivity contribution < 1.29 is 13.2 Å². The van der Waals surface area contributed by atoms with Crippen molar-refractivity contribution in [1.29, 1.82) is 0 Å². The van der Waals surface area contributed by atoms with Crippen LogP contribution < -0.4 is 0 Å². The topological polar surface area (TPSA) is 0 Å². The van der Waals surface area contributed by atoms with Gasteiger partial charge in [-0.25, -0.2) is 0 Å². The van der Waals surface area contributed by atoms with Gasteiger partial charge in [0.15, 0.2) is 0 Å². The lowest BCUT2D eigenvalue weighted by Crippen LogP contribution is -2.71. The molecule has 2 unspecified atom stereocenters. The van der Waals surface area contributed by atoms with Crippen molar-refractivity contribution in [3.05, 3.63) is 0 Å². The molecule has 3 heteroatoms. The van der Waals surface area contributed by atoms with Gasteiger partial charge in [-0.3, -0.25) is 0 Å². The standard InChI is InChI=1S/C14H21F3/c1-10-12-6-4-3-5-11(12,2)7-8-13(10,9-12)14(15,16)17/h10H,3-9H2,1-2H3/t10-,11+,12?,13?/m0/s1. The summed E-state index contributed by atoms with van der Waals surface area (Å²) in [5.41, 5.74) is -1.12. The highest BCUT2D eigenvalue weighted by Crippen LogP contribution is 2.80. The van der Waals surface area contributed by atoms with E-state index in [1.54, 1.807) is 0 Å². The Balaban J connectivity index is 1.98. The Morgan fingerprint density at radius 3 is 2.24 bits per heavy atom. The molecule has 0 aromatic carbocycles. The first-order valence-corrected chi connectivity index (χ1v) is 6.84. The lowest BCUT2D eigenvalue weighted by Gasteiger charge is -2.74. The number of hydrogen-bond acceptors (Lipinski definition) is 0. The molecule has 0 aliphatic heterocycles. The smallest absolute Gasteiger partial charge is 0.170 e. The van der Waals surface area contributed by atoms with E-state index in [1.807, 2.05) is 6.92 Å². The number of fused-ring (bicyclic) bond motifs is 1. The molecule has 17 heavy (non-hydrogen) atoms. The van der Waals surface area contributed by atoms with E-state index in [0.717, 1.165) is 25.7 Å². The van der Waals surface area contributed by atoms with Gasteiger partial charge in [-0.1, -0.05) is 26.7 Å². The molecule has 0 heterocycles. The van der Waals surface area contributed by atoms with Crippen molar-refractivity contribution in [3.63, 3.8) is 0 Å². The second kappa shape index (κ2) is 3.03. The van der Waals surface area contributed by atoms with E-state index in [1.165, 1.54) is 6.42 Å². The fourth-order valence-corrected chi connectivity index (χ4v) is 5.48. The summed E-state index contributed by atoms with van der Waals surface area (Å²) in [5.74, 6) is -0.158. The van der Waals surface area contributed by atoms with E-state index in [2.05, 4.69) is 6.92 Å². The van der Waals surface area contributed by atoms with E-state index in [0.29, 0.717) is 12.8 Å². The third-order valence-electron chi connectivity index (χ3n) is 6.78. The molecule has 0 saturated heterocycles. The minimum Gasteiger partial charge on any atom is -0.170 e. The summed E-state index contributed by atoms with van der Waals surface area (Å²) >= 11 is 0. The Labute approximate surface area is 101 Å². The molecule has 98 valence electrons. The summed E-state index contributed by atoms with van der Waals surface area (Å²) in [7, 11) is 0. The fraction of sp³-hybridized carbons (Fsp3) is 1.00. The zero-order valence-corrected chi connectivity index (χ0v) is 10.7. The average molecular weight is 246 g/mol. The Morgan fingerprint density at radius 2 is 1.65 bits per heavy atom. The lowest BCUT2D eigenvalue weighted by molar-refractivity contribution is -0.367. The maximum absolute atomic E-state index is 13.3. The summed E-state index contributed by atoms with van der Waals surface area (Å²) in [6.45, 7) is 4.13. The van der Waals surface area contributed by atoms with Gasteiger partial charge in [-0.2, -0.15) is 13.2 Å². The monoisotopic (exact) mass is 246 g/mol. The molecule has 4 rings (SSSR count). The van der Waals surface area contributed by atoms with Crippen LogP contribution in [-0.2, 0) is 0 Å². The zero-order valence-electron chi connectivity index (χ0n) is 10.7. The van der Waals surface area contributed by atoms with Crippen molar-refractivity contribution >= 4 is 0 Å². The van der Waals surface area contributed by atoms with Crippen LogP contribution in [0.3, 0.4) is 0 Å². The molecular weight excluding hydrogens is 225 g/mol. The Morgan fingerprint density at radius 1 is 1.00 bits per heavy atom. The van der Waals surface area contributed by atoms with Gasteiger partial charge in [-0.05, 0) is 48.9 Å². The maximum Gasteiger partial charge on any atom is 0.394 e. The van der Waals surface area contributed by atoms with Crippen molar-refractivity contribution in [2.75, 3.05) is 0 Å². The molecule has 0 aromatic heterocycles. The molecule has 0 amide bonds. The first-order valence-electron chi connectivity index (χ1n) is 6.84. The highest BCUT2D eigenvalue weighted by molar-refractivity contribution is 5.21. The highest BCUT2D eigenvalue weighted by atomic mass is 19.4. The Hall–Kier alpha value is -0.210. The molecule has 4 aliphatic rings. The van der Waals surface area contributed by atoms with E-state index in [-0.39, 0.29) is 16.7 Å². The van der Waals surface area contributed by atoms with E-state index >= 15 is 0 Å². The van der Waals surface area contributed by atoms with Crippen LogP contribution in [0.5, 0.6) is 0 Å². The van der Waals surface area contributed by atoms with Gasteiger partial charge in [0.25, 0.3) is 0 Å². The van der Waals surface area contributed by atoms with Crippen LogP contribution in [0.15, 0.2) is 0 Å². The Kier molecular flexibility index (Phi) is 2.11. The maximum atomic E-state index is 13.3. The Bertz CT molecular complexity index is 348. The van der Waals surface area contributed by atoms with Gasteiger partial charge in [0.2, 0.25) is 0 Å². The summed E-state index contributed by atoms with van der Waals surface area (Å²) in [6.07, 6.45) is 2.11. The molecular formula is C14H21F3. The third kappa shape index (κ3) is 1.12. The molecule has 0 N–H and O–H groups in total. The van der Waals surface area contributed by atoms with Gasteiger partial charge in [0.05, 0.1) is 5.41 Å². The number of alkyl halides is 3. The van der Waals surface area contributed by atoms with E-state index in [4.69, 9.17) is 0 Å². The quantitative estimate of drug-likeness (QED) is 0.568. The molecule has 0 nitrogen and oxygen atoms in total. The number of hydrogen-bond donors (Lipinski definition) is 0. The van der Waals surface area contributed by atoms with Crippen LogP contribution in [-0.4, -0.2) is 6.18 Å². The second-order valence-corrected chi connectivity index (χ2v) is 6.98. The van der Waals surface area contributed by atoms with E-state index in [9.17, 15) is 13.2 Å². The fourth-order valence-electron chi connectivity index (χ4n) is 5.48. The predicted octanol–water partition coefficient (Wildman–Crippen LogP) is 4.94. The average Bonchev–Trinajstić information content (AvgIpc) is 2.25. The summed E-state index contributed by atoms with van der Waals surface area (Å²) < 4.78 is 39.9. The van der Waals surface area contributed by atoms with E-state index < -0.39 is 11.6 Å². The summed E-state index contributed by atoms with van der Waals surface area (Å²) in [5, 5.41) is 0. The molecule has 4 fully saturated rings. The van der Waals surface area contributed by atoms with Gasteiger partial charge in [0.1, 0.15) is 0 Å². The first-order chi connectivity index (χ1) is 7.78. The van der Waals surface area contributed by atoms with Crippen molar-refractivity contribution in [2.45, 2.75) is 65.0 Å². The lowest BCUT2D eigenvalue weighted by atomic mass is 9.30. The molecule has 0 aromatic rings. The minimum atomic E-state index is -3.99. The number of halogens is 3. The van der Waals surface area contributed by atoms with Crippen molar-refractivity contribution in [1.82, 2.24) is 0 Å². The van der Waals surface area contributed by atoms with Crippen LogP contribution in [0, 0.1) is 22.2 Å². The molecule has 2 bridgehead atoms. The predicted molar refractivity (Wildman–Crippen MR) is 60.5 cm³/mol. The third-order valence-corrected chi connectivity index (χ3v) is 6.78. The molecule has 1 spiro atoms. The van der Waals surface area contributed by atoms with Crippen molar-refractivity contribution in [3.8, 4) is 0 Å². The molecule has 4 aliphatic carbocycles.